The number of aromatic nitrogens is 3. The lowest BCUT2D eigenvalue weighted by molar-refractivity contribution is -0.385. The van der Waals surface area contributed by atoms with Crippen molar-refractivity contribution in [2.45, 2.75) is 13.5 Å². The van der Waals surface area contributed by atoms with Gasteiger partial charge in [-0.3, -0.25) is 10.1 Å². The molecular formula is C15H13N5O2S. The summed E-state index contributed by atoms with van der Waals surface area (Å²) in [5.41, 5.74) is 1.73. The molecule has 0 saturated carbocycles. The van der Waals surface area contributed by atoms with E-state index < -0.39 is 4.92 Å². The fraction of sp³-hybridized carbons (Fsp3) is 0.133. The smallest absolute Gasteiger partial charge is 0.287 e. The average molecular weight is 327 g/mol. The quantitative estimate of drug-likeness (QED) is 0.570. The van der Waals surface area contributed by atoms with Crippen molar-refractivity contribution in [3.05, 3.63) is 63.3 Å². The Morgan fingerprint density at radius 2 is 2.04 bits per heavy atom. The molecule has 2 aromatic heterocycles. The van der Waals surface area contributed by atoms with Gasteiger partial charge in [0.2, 0.25) is 0 Å². The van der Waals surface area contributed by atoms with Crippen molar-refractivity contribution >= 4 is 22.8 Å². The number of nitro groups is 1. The molecule has 3 aromatic rings. The van der Waals surface area contributed by atoms with Gasteiger partial charge >= 0.3 is 0 Å². The largest absolute Gasteiger partial charge is 0.363 e. The number of anilines is 1. The lowest BCUT2D eigenvalue weighted by Crippen LogP contribution is -2.03. The van der Waals surface area contributed by atoms with Gasteiger partial charge in [0.25, 0.3) is 5.69 Å². The molecule has 0 aliphatic carbocycles. The fourth-order valence-corrected chi connectivity index (χ4v) is 2.81. The Morgan fingerprint density at radius 1 is 1.26 bits per heavy atom. The number of pyridine rings is 1. The Balaban J connectivity index is 1.70. The van der Waals surface area contributed by atoms with Crippen LogP contribution in [0.4, 0.5) is 11.5 Å². The van der Waals surface area contributed by atoms with Gasteiger partial charge < -0.3 is 5.32 Å². The van der Waals surface area contributed by atoms with Crippen molar-refractivity contribution in [1.29, 1.82) is 0 Å². The molecule has 0 unspecified atom stereocenters. The molecule has 116 valence electrons. The Hall–Kier alpha value is -2.87. The van der Waals surface area contributed by atoms with Crippen LogP contribution in [0.25, 0.3) is 10.6 Å². The first-order chi connectivity index (χ1) is 11.1. The van der Waals surface area contributed by atoms with Crippen LogP contribution in [0.5, 0.6) is 0 Å². The van der Waals surface area contributed by atoms with Crippen molar-refractivity contribution in [1.82, 2.24) is 15.2 Å². The van der Waals surface area contributed by atoms with E-state index in [-0.39, 0.29) is 5.69 Å². The van der Waals surface area contributed by atoms with Gasteiger partial charge in [-0.2, -0.15) is 0 Å². The van der Waals surface area contributed by atoms with Gasteiger partial charge in [0.1, 0.15) is 22.0 Å². The first-order valence-electron chi connectivity index (χ1n) is 6.86. The summed E-state index contributed by atoms with van der Waals surface area (Å²) in [4.78, 5) is 14.3. The van der Waals surface area contributed by atoms with E-state index in [1.54, 1.807) is 6.92 Å². The Labute approximate surface area is 136 Å². The third-order valence-corrected chi connectivity index (χ3v) is 4.14. The Morgan fingerprint density at radius 3 is 2.74 bits per heavy atom. The second kappa shape index (κ2) is 6.49. The topological polar surface area (TPSA) is 93.8 Å². The number of nitrogens with zero attached hydrogens (tertiary/aromatic N) is 4. The molecule has 23 heavy (non-hydrogen) atoms. The summed E-state index contributed by atoms with van der Waals surface area (Å²) in [7, 11) is 0. The SMILES string of the molecule is Cc1cc([N+](=O)[O-])cnc1NCc1nnc(-c2ccccc2)s1. The molecule has 2 heterocycles. The monoisotopic (exact) mass is 327 g/mol. The van der Waals surface area contributed by atoms with Crippen LogP contribution in [0.1, 0.15) is 10.6 Å². The molecule has 0 atom stereocenters. The molecule has 0 bridgehead atoms. The van der Waals surface area contributed by atoms with E-state index in [0.29, 0.717) is 17.9 Å². The molecule has 3 rings (SSSR count). The maximum atomic E-state index is 10.7. The summed E-state index contributed by atoms with van der Waals surface area (Å²) in [5, 5.41) is 23.9. The molecule has 0 spiro atoms. The van der Waals surface area contributed by atoms with E-state index in [2.05, 4.69) is 20.5 Å². The molecule has 0 aliphatic rings. The second-order valence-electron chi connectivity index (χ2n) is 4.84. The van der Waals surface area contributed by atoms with E-state index >= 15 is 0 Å². The van der Waals surface area contributed by atoms with Crippen molar-refractivity contribution in [2.75, 3.05) is 5.32 Å². The zero-order valence-corrected chi connectivity index (χ0v) is 13.1. The van der Waals surface area contributed by atoms with Gasteiger partial charge in [0, 0.05) is 11.6 Å². The number of hydrogen-bond donors (Lipinski definition) is 1. The van der Waals surface area contributed by atoms with E-state index in [1.807, 2.05) is 30.3 Å². The van der Waals surface area contributed by atoms with Gasteiger partial charge in [-0.1, -0.05) is 41.7 Å². The summed E-state index contributed by atoms with van der Waals surface area (Å²) in [6, 6.07) is 11.3. The van der Waals surface area contributed by atoms with Gasteiger partial charge in [0.05, 0.1) is 11.5 Å². The molecule has 0 radical (unpaired) electrons. The standard InChI is InChI=1S/C15H13N5O2S/c1-10-7-12(20(21)22)8-16-14(10)17-9-13-18-19-15(23-13)11-5-3-2-4-6-11/h2-8H,9H2,1H3,(H,16,17). The number of nitrogens with one attached hydrogen (secondary N) is 1. The van der Waals surface area contributed by atoms with Crippen LogP contribution in [0.15, 0.2) is 42.6 Å². The Kier molecular flexibility index (Phi) is 4.24. The van der Waals surface area contributed by atoms with E-state index in [9.17, 15) is 10.1 Å². The van der Waals surface area contributed by atoms with E-state index in [0.717, 1.165) is 15.6 Å². The summed E-state index contributed by atoms with van der Waals surface area (Å²) in [6.07, 6.45) is 1.24. The van der Waals surface area contributed by atoms with Crippen LogP contribution in [0.3, 0.4) is 0 Å². The maximum Gasteiger partial charge on any atom is 0.287 e. The van der Waals surface area contributed by atoms with Gasteiger partial charge in [-0.05, 0) is 12.5 Å². The molecule has 7 nitrogen and oxygen atoms in total. The summed E-state index contributed by atoms with van der Waals surface area (Å²) >= 11 is 1.50. The van der Waals surface area contributed by atoms with Gasteiger partial charge in [-0.15, -0.1) is 10.2 Å². The Bertz CT molecular complexity index is 835. The lowest BCUT2D eigenvalue weighted by atomic mass is 10.2. The highest BCUT2D eigenvalue weighted by molar-refractivity contribution is 7.14. The van der Waals surface area contributed by atoms with E-state index in [1.165, 1.54) is 23.6 Å². The molecule has 0 fully saturated rings. The minimum atomic E-state index is -0.458. The van der Waals surface area contributed by atoms with Crippen molar-refractivity contribution in [2.24, 2.45) is 0 Å². The van der Waals surface area contributed by atoms with Crippen molar-refractivity contribution in [3.8, 4) is 10.6 Å². The molecule has 8 heteroatoms. The van der Waals surface area contributed by atoms with Crippen LogP contribution in [-0.4, -0.2) is 20.1 Å². The second-order valence-corrected chi connectivity index (χ2v) is 5.90. The van der Waals surface area contributed by atoms with Crippen LogP contribution in [-0.2, 0) is 6.54 Å². The number of benzene rings is 1. The fourth-order valence-electron chi connectivity index (χ4n) is 2.03. The molecule has 0 amide bonds. The predicted molar refractivity (Wildman–Crippen MR) is 88.3 cm³/mol. The van der Waals surface area contributed by atoms with Gasteiger partial charge in [0.15, 0.2) is 0 Å². The van der Waals surface area contributed by atoms with Gasteiger partial charge in [-0.25, -0.2) is 4.98 Å². The summed E-state index contributed by atoms with van der Waals surface area (Å²) < 4.78 is 0. The van der Waals surface area contributed by atoms with Crippen LogP contribution in [0, 0.1) is 17.0 Å². The third-order valence-electron chi connectivity index (χ3n) is 3.17. The minimum absolute atomic E-state index is 0.0182. The first kappa shape index (κ1) is 15.0. The number of rotatable bonds is 5. The highest BCUT2D eigenvalue weighted by Gasteiger charge is 2.11. The summed E-state index contributed by atoms with van der Waals surface area (Å²) in [6.45, 7) is 2.24. The van der Waals surface area contributed by atoms with Crippen molar-refractivity contribution < 1.29 is 4.92 Å². The van der Waals surface area contributed by atoms with Crippen LogP contribution >= 0.6 is 11.3 Å². The predicted octanol–water partition coefficient (Wildman–Crippen LogP) is 3.43. The zero-order chi connectivity index (χ0) is 16.2. The van der Waals surface area contributed by atoms with Crippen LogP contribution in [0.2, 0.25) is 0 Å². The highest BCUT2D eigenvalue weighted by Crippen LogP contribution is 2.24. The molecule has 0 aliphatic heterocycles. The van der Waals surface area contributed by atoms with E-state index in [4.69, 9.17) is 0 Å². The first-order valence-corrected chi connectivity index (χ1v) is 7.68. The number of hydrogen-bond acceptors (Lipinski definition) is 7. The lowest BCUT2D eigenvalue weighted by Gasteiger charge is -2.05. The minimum Gasteiger partial charge on any atom is -0.363 e. The van der Waals surface area contributed by atoms with Crippen LogP contribution < -0.4 is 5.32 Å². The number of aryl methyl sites for hydroxylation is 1. The average Bonchev–Trinajstić information content (AvgIpc) is 3.03. The highest BCUT2D eigenvalue weighted by atomic mass is 32.1. The zero-order valence-electron chi connectivity index (χ0n) is 12.3. The molecular weight excluding hydrogens is 314 g/mol. The summed E-state index contributed by atoms with van der Waals surface area (Å²) in [5.74, 6) is 0.604. The normalized spacial score (nSPS) is 10.5. The third kappa shape index (κ3) is 3.49. The molecule has 1 N–H and O–H groups in total. The van der Waals surface area contributed by atoms with Crippen molar-refractivity contribution in [3.63, 3.8) is 0 Å². The molecule has 0 saturated heterocycles. The maximum absolute atomic E-state index is 10.7. The molecule has 1 aromatic carbocycles.